The van der Waals surface area contributed by atoms with Gasteiger partial charge in [-0.15, -0.1) is 0 Å². The van der Waals surface area contributed by atoms with Gasteiger partial charge in [0.15, 0.2) is 11.6 Å². The molecule has 3 atom stereocenters. The van der Waals surface area contributed by atoms with Crippen LogP contribution in [0.1, 0.15) is 48.1 Å². The first-order valence-electron chi connectivity index (χ1n) is 12.4. The van der Waals surface area contributed by atoms with Crippen LogP contribution in [0, 0.1) is 24.5 Å². The van der Waals surface area contributed by atoms with E-state index in [4.69, 9.17) is 9.84 Å². The van der Waals surface area contributed by atoms with E-state index >= 15 is 0 Å². The number of hydrogen-bond acceptors (Lipinski definition) is 4. The molecule has 190 valence electrons. The molecule has 1 aliphatic heterocycles. The first-order chi connectivity index (χ1) is 17.4. The third kappa shape index (κ3) is 5.12. The number of benzene rings is 2. The van der Waals surface area contributed by atoms with Crippen LogP contribution in [0.4, 0.5) is 19.4 Å². The van der Waals surface area contributed by atoms with Crippen LogP contribution in [0.25, 0.3) is 5.69 Å². The largest absolute Gasteiger partial charge is 0.377 e. The van der Waals surface area contributed by atoms with Gasteiger partial charge in [0.25, 0.3) is 0 Å². The number of aromatic nitrogens is 2. The summed E-state index contributed by atoms with van der Waals surface area (Å²) in [5.41, 5.74) is 3.47. The number of halogens is 2. The highest BCUT2D eigenvalue weighted by Crippen LogP contribution is 2.43. The number of anilines is 1. The summed E-state index contributed by atoms with van der Waals surface area (Å²) in [4.78, 5) is 13.1. The first kappa shape index (κ1) is 24.4. The summed E-state index contributed by atoms with van der Waals surface area (Å²) >= 11 is 0. The highest BCUT2D eigenvalue weighted by Gasteiger charge is 2.33. The molecule has 2 heterocycles. The molecule has 9 heteroatoms. The molecule has 3 N–H and O–H groups in total. The number of para-hydroxylation sites is 1. The zero-order chi connectivity index (χ0) is 25.2. The van der Waals surface area contributed by atoms with Crippen molar-refractivity contribution in [1.82, 2.24) is 20.4 Å². The molecule has 0 radical (unpaired) electrons. The summed E-state index contributed by atoms with van der Waals surface area (Å²) in [5.74, 6) is -0.619. The lowest BCUT2D eigenvalue weighted by molar-refractivity contribution is 0.0788. The quantitative estimate of drug-likeness (QED) is 0.419. The molecule has 3 aromatic rings. The van der Waals surface area contributed by atoms with Crippen molar-refractivity contribution >= 4 is 11.8 Å². The van der Waals surface area contributed by atoms with E-state index in [0.29, 0.717) is 36.8 Å². The molecule has 1 aromatic heterocycles. The van der Waals surface area contributed by atoms with Crippen LogP contribution in [0.2, 0.25) is 0 Å². The van der Waals surface area contributed by atoms with E-state index in [1.807, 2.05) is 37.3 Å². The summed E-state index contributed by atoms with van der Waals surface area (Å²) in [6.45, 7) is 3.29. The van der Waals surface area contributed by atoms with Crippen LogP contribution in [0.15, 0.2) is 48.5 Å². The standard InChI is InChI=1S/C27H31F2N5O2/c1-16-25(17-8-9-17)33-34(20-6-4-3-5-7-20)26(16)32-27(35)31-23-15-30-14-19(23)13-24(36-2)18-10-11-21(28)22(29)12-18/h3-7,10-12,17,19,23-24,30H,8-9,13-15H2,1-2H3,(H2,31,32,35)/t19-,23-,24?/m1/s1. The summed E-state index contributed by atoms with van der Waals surface area (Å²) < 4.78 is 34.6. The van der Waals surface area contributed by atoms with Crippen LogP contribution < -0.4 is 16.0 Å². The minimum absolute atomic E-state index is 0.0518. The SMILES string of the molecule is COC(C[C@@H]1CNC[C@H]1NC(=O)Nc1c(C)c(C2CC2)nn1-c1ccccc1)c1ccc(F)c(F)c1. The number of ether oxygens (including phenoxy) is 1. The van der Waals surface area contributed by atoms with Gasteiger partial charge in [0.2, 0.25) is 0 Å². The van der Waals surface area contributed by atoms with Gasteiger partial charge >= 0.3 is 6.03 Å². The third-order valence-electron chi connectivity index (χ3n) is 7.13. The molecule has 2 fully saturated rings. The average Bonchev–Trinajstić information content (AvgIpc) is 3.55. The van der Waals surface area contributed by atoms with Crippen LogP contribution >= 0.6 is 0 Å². The molecule has 1 unspecified atom stereocenters. The number of urea groups is 1. The van der Waals surface area contributed by atoms with Crippen molar-refractivity contribution in [2.24, 2.45) is 5.92 Å². The molecule has 1 saturated carbocycles. The average molecular weight is 496 g/mol. The molecular formula is C27H31F2N5O2. The molecule has 2 aliphatic rings. The van der Waals surface area contributed by atoms with Crippen LogP contribution in [0.5, 0.6) is 0 Å². The highest BCUT2D eigenvalue weighted by atomic mass is 19.2. The number of rotatable bonds is 8. The Kier molecular flexibility index (Phi) is 7.02. The third-order valence-corrected chi connectivity index (χ3v) is 7.13. The van der Waals surface area contributed by atoms with Gasteiger partial charge in [-0.1, -0.05) is 24.3 Å². The normalized spacial score (nSPS) is 20.3. The zero-order valence-electron chi connectivity index (χ0n) is 20.4. The lowest BCUT2D eigenvalue weighted by atomic mass is 9.93. The van der Waals surface area contributed by atoms with Crippen molar-refractivity contribution in [3.05, 3.63) is 77.0 Å². The van der Waals surface area contributed by atoms with Gasteiger partial charge in [0.1, 0.15) is 5.82 Å². The van der Waals surface area contributed by atoms with Crippen molar-refractivity contribution in [1.29, 1.82) is 0 Å². The summed E-state index contributed by atoms with van der Waals surface area (Å²) in [6, 6.07) is 13.1. The molecule has 0 spiro atoms. The molecule has 7 nitrogen and oxygen atoms in total. The smallest absolute Gasteiger partial charge is 0.320 e. The van der Waals surface area contributed by atoms with Crippen molar-refractivity contribution < 1.29 is 18.3 Å². The van der Waals surface area contributed by atoms with E-state index in [0.717, 1.165) is 35.9 Å². The summed E-state index contributed by atoms with van der Waals surface area (Å²) in [7, 11) is 1.55. The molecular weight excluding hydrogens is 464 g/mol. The lowest BCUT2D eigenvalue weighted by Gasteiger charge is -2.25. The Labute approximate surface area is 209 Å². The van der Waals surface area contributed by atoms with E-state index in [1.165, 1.54) is 12.1 Å². The molecule has 2 amide bonds. The van der Waals surface area contributed by atoms with Gasteiger partial charge in [0.05, 0.1) is 17.5 Å². The predicted octanol–water partition coefficient (Wildman–Crippen LogP) is 4.82. The minimum atomic E-state index is -0.899. The maximum Gasteiger partial charge on any atom is 0.320 e. The second kappa shape index (κ2) is 10.4. The van der Waals surface area contributed by atoms with Gasteiger partial charge in [-0.05, 0) is 61.9 Å². The first-order valence-corrected chi connectivity index (χ1v) is 12.4. The van der Waals surface area contributed by atoms with Crippen molar-refractivity contribution in [2.75, 3.05) is 25.5 Å². The second-order valence-corrected chi connectivity index (χ2v) is 9.64. The van der Waals surface area contributed by atoms with Crippen molar-refractivity contribution in [2.45, 2.75) is 44.2 Å². The number of hydrogen-bond donors (Lipinski definition) is 3. The fourth-order valence-electron chi connectivity index (χ4n) is 4.98. The molecule has 1 aliphatic carbocycles. The number of methoxy groups -OCH3 is 1. The Bertz CT molecular complexity index is 1230. The summed E-state index contributed by atoms with van der Waals surface area (Å²) in [6.07, 6.45) is 2.37. The Hall–Kier alpha value is -3.30. The van der Waals surface area contributed by atoms with Crippen LogP contribution in [0.3, 0.4) is 0 Å². The number of nitrogens with one attached hydrogen (secondary N) is 3. The van der Waals surface area contributed by atoms with Gasteiger partial charge in [-0.25, -0.2) is 18.3 Å². The topological polar surface area (TPSA) is 80.2 Å². The number of nitrogens with zero attached hydrogens (tertiary/aromatic N) is 2. The molecule has 2 aromatic carbocycles. The second-order valence-electron chi connectivity index (χ2n) is 9.64. The lowest BCUT2D eigenvalue weighted by Crippen LogP contribution is -2.43. The molecule has 0 bridgehead atoms. The molecule has 5 rings (SSSR count). The van der Waals surface area contributed by atoms with Gasteiger partial charge in [-0.2, -0.15) is 5.10 Å². The zero-order valence-corrected chi connectivity index (χ0v) is 20.4. The van der Waals surface area contributed by atoms with Gasteiger partial charge < -0.3 is 15.4 Å². The van der Waals surface area contributed by atoms with Crippen molar-refractivity contribution in [3.8, 4) is 5.69 Å². The van der Waals surface area contributed by atoms with E-state index < -0.39 is 17.7 Å². The number of carbonyl (C=O) groups is 1. The number of carbonyl (C=O) groups excluding carboxylic acids is 1. The van der Waals surface area contributed by atoms with Gasteiger partial charge in [-0.3, -0.25) is 5.32 Å². The van der Waals surface area contributed by atoms with Crippen LogP contribution in [-0.2, 0) is 4.74 Å². The minimum Gasteiger partial charge on any atom is -0.377 e. The molecule has 1 saturated heterocycles. The Balaban J connectivity index is 1.29. The van der Waals surface area contributed by atoms with E-state index in [9.17, 15) is 13.6 Å². The number of amides is 2. The van der Waals surface area contributed by atoms with E-state index in [2.05, 4.69) is 16.0 Å². The maximum absolute atomic E-state index is 13.8. The fourth-order valence-corrected chi connectivity index (χ4v) is 4.98. The Morgan fingerprint density at radius 2 is 1.94 bits per heavy atom. The summed E-state index contributed by atoms with van der Waals surface area (Å²) in [5, 5.41) is 14.3. The van der Waals surface area contributed by atoms with Crippen LogP contribution in [-0.4, -0.2) is 42.1 Å². The Morgan fingerprint density at radius 1 is 1.17 bits per heavy atom. The Morgan fingerprint density at radius 3 is 2.64 bits per heavy atom. The highest BCUT2D eigenvalue weighted by molar-refractivity contribution is 5.90. The monoisotopic (exact) mass is 495 g/mol. The molecule has 36 heavy (non-hydrogen) atoms. The van der Waals surface area contributed by atoms with E-state index in [1.54, 1.807) is 11.8 Å². The fraction of sp³-hybridized carbons (Fsp3) is 0.407. The predicted molar refractivity (Wildman–Crippen MR) is 133 cm³/mol. The van der Waals surface area contributed by atoms with Gasteiger partial charge in [0, 0.05) is 37.7 Å². The van der Waals surface area contributed by atoms with E-state index in [-0.39, 0.29) is 18.0 Å². The van der Waals surface area contributed by atoms with Crippen molar-refractivity contribution in [3.63, 3.8) is 0 Å². The maximum atomic E-state index is 13.8.